The molecule has 1 heterocycles. The van der Waals surface area contributed by atoms with Gasteiger partial charge in [0.25, 0.3) is 10.1 Å². The highest BCUT2D eigenvalue weighted by Crippen LogP contribution is 2.50. The molecule has 0 saturated carbocycles. The summed E-state index contributed by atoms with van der Waals surface area (Å²) < 4.78 is 30.4. The number of hydrogen-bond acceptors (Lipinski definition) is 5. The summed E-state index contributed by atoms with van der Waals surface area (Å²) in [5.41, 5.74) is 3.87. The third kappa shape index (κ3) is 3.71. The smallest absolute Gasteiger partial charge is 0.202 e. The van der Waals surface area contributed by atoms with Crippen LogP contribution in [-0.2, 0) is 27.2 Å². The topological polar surface area (TPSA) is 46.6 Å². The molecule has 0 amide bonds. The molecule has 0 saturated heterocycles. The van der Waals surface area contributed by atoms with Crippen LogP contribution in [0.2, 0.25) is 0 Å². The van der Waals surface area contributed by atoms with Crippen LogP contribution in [0.4, 0.5) is 11.4 Å². The molecule has 0 atom stereocenters. The van der Waals surface area contributed by atoms with Crippen LogP contribution in [0.15, 0.2) is 46.2 Å². The SMILES string of the molecule is CCCS(=O)(=O)ON1c2cc(CC)ccc2Sc2cccc(CC)c21. The molecule has 0 fully saturated rings. The van der Waals surface area contributed by atoms with Crippen LogP contribution in [0, 0.1) is 0 Å². The van der Waals surface area contributed by atoms with Gasteiger partial charge in [-0.1, -0.05) is 50.7 Å². The Kier molecular flexibility index (Phi) is 5.41. The van der Waals surface area contributed by atoms with Gasteiger partial charge in [0.05, 0.1) is 17.1 Å². The molecule has 25 heavy (non-hydrogen) atoms. The Bertz CT molecular complexity index is 878. The number of fused-ring (bicyclic) bond motifs is 2. The van der Waals surface area contributed by atoms with Crippen molar-refractivity contribution in [3.8, 4) is 0 Å². The van der Waals surface area contributed by atoms with Crippen molar-refractivity contribution >= 4 is 33.3 Å². The van der Waals surface area contributed by atoms with E-state index in [-0.39, 0.29) is 5.75 Å². The summed E-state index contributed by atoms with van der Waals surface area (Å²) in [4.78, 5) is 2.02. The van der Waals surface area contributed by atoms with Crippen LogP contribution in [0.3, 0.4) is 0 Å². The maximum Gasteiger partial charge on any atom is 0.288 e. The van der Waals surface area contributed by atoms with Crippen molar-refractivity contribution < 1.29 is 12.7 Å². The predicted molar refractivity (Wildman–Crippen MR) is 103 cm³/mol. The first-order valence-electron chi connectivity index (χ1n) is 8.64. The summed E-state index contributed by atoms with van der Waals surface area (Å²) in [7, 11) is -3.64. The van der Waals surface area contributed by atoms with Crippen molar-refractivity contribution in [2.24, 2.45) is 0 Å². The zero-order chi connectivity index (χ0) is 18.0. The van der Waals surface area contributed by atoms with Crippen molar-refractivity contribution in [1.82, 2.24) is 0 Å². The standard InChI is InChI=1S/C19H23NO3S2/c1-4-12-25(21,22)23-20-16-13-14(5-2)10-11-17(16)24-18-9-7-8-15(6-3)19(18)20/h7-11,13H,4-6,12H2,1-3H3. The first-order valence-corrected chi connectivity index (χ1v) is 11.0. The Morgan fingerprint density at radius 3 is 2.52 bits per heavy atom. The molecule has 4 nitrogen and oxygen atoms in total. The third-order valence-electron chi connectivity index (χ3n) is 4.18. The van der Waals surface area contributed by atoms with E-state index in [2.05, 4.69) is 19.9 Å². The number of benzene rings is 2. The number of nitrogens with zero attached hydrogens (tertiary/aromatic N) is 1. The number of anilines is 2. The minimum absolute atomic E-state index is 0.00305. The van der Waals surface area contributed by atoms with Crippen LogP contribution >= 0.6 is 11.8 Å². The molecule has 0 spiro atoms. The first kappa shape index (κ1) is 18.3. The van der Waals surface area contributed by atoms with E-state index in [0.29, 0.717) is 6.42 Å². The van der Waals surface area contributed by atoms with Gasteiger partial charge in [0, 0.05) is 9.79 Å². The highest BCUT2D eigenvalue weighted by molar-refractivity contribution is 7.99. The Morgan fingerprint density at radius 2 is 1.84 bits per heavy atom. The zero-order valence-corrected chi connectivity index (χ0v) is 16.4. The fourth-order valence-electron chi connectivity index (χ4n) is 2.91. The zero-order valence-electron chi connectivity index (χ0n) is 14.8. The monoisotopic (exact) mass is 377 g/mol. The van der Waals surface area contributed by atoms with Gasteiger partial charge in [0.1, 0.15) is 0 Å². The number of para-hydroxylation sites is 1. The molecule has 2 aromatic rings. The van der Waals surface area contributed by atoms with Gasteiger partial charge in [-0.2, -0.15) is 8.42 Å². The van der Waals surface area contributed by atoms with E-state index in [1.807, 2.05) is 37.3 Å². The first-order chi connectivity index (χ1) is 12.0. The van der Waals surface area contributed by atoms with Crippen molar-refractivity contribution in [2.45, 2.75) is 49.8 Å². The van der Waals surface area contributed by atoms with Gasteiger partial charge in [0.15, 0.2) is 0 Å². The second-order valence-corrected chi connectivity index (χ2v) is 8.76. The summed E-state index contributed by atoms with van der Waals surface area (Å²) in [6.45, 7) is 5.99. The quantitative estimate of drug-likeness (QED) is 0.702. The largest absolute Gasteiger partial charge is 0.288 e. The molecule has 3 rings (SSSR count). The van der Waals surface area contributed by atoms with Crippen LogP contribution in [0.1, 0.15) is 38.3 Å². The second kappa shape index (κ2) is 7.40. The molecule has 0 unspecified atom stereocenters. The summed E-state index contributed by atoms with van der Waals surface area (Å²) in [5.74, 6) is 0.00305. The normalized spacial score (nSPS) is 13.5. The lowest BCUT2D eigenvalue weighted by molar-refractivity contribution is 0.318. The van der Waals surface area contributed by atoms with Crippen molar-refractivity contribution in [3.05, 3.63) is 47.5 Å². The molecule has 0 aliphatic carbocycles. The molecular weight excluding hydrogens is 354 g/mol. The lowest BCUT2D eigenvalue weighted by Crippen LogP contribution is -2.27. The molecule has 134 valence electrons. The highest BCUT2D eigenvalue weighted by Gasteiger charge is 2.30. The molecule has 1 aliphatic rings. The van der Waals surface area contributed by atoms with Gasteiger partial charge in [-0.3, -0.25) is 0 Å². The maximum absolute atomic E-state index is 12.4. The number of hydrogen-bond donors (Lipinski definition) is 0. The van der Waals surface area contributed by atoms with Crippen molar-refractivity contribution in [1.29, 1.82) is 0 Å². The lowest BCUT2D eigenvalue weighted by Gasteiger charge is -2.32. The van der Waals surface area contributed by atoms with E-state index in [4.69, 9.17) is 4.28 Å². The van der Waals surface area contributed by atoms with Crippen LogP contribution in [0.25, 0.3) is 0 Å². The number of aryl methyl sites for hydroxylation is 2. The van der Waals surface area contributed by atoms with Crippen LogP contribution in [-0.4, -0.2) is 14.2 Å². The minimum atomic E-state index is -3.64. The van der Waals surface area contributed by atoms with E-state index in [1.165, 1.54) is 5.06 Å². The van der Waals surface area contributed by atoms with Crippen LogP contribution < -0.4 is 5.06 Å². The molecule has 0 N–H and O–H groups in total. The van der Waals surface area contributed by atoms with Gasteiger partial charge in [-0.25, -0.2) is 5.06 Å². The predicted octanol–water partition coefficient (Wildman–Crippen LogP) is 5.09. The summed E-state index contributed by atoms with van der Waals surface area (Å²) in [6, 6.07) is 12.2. The highest BCUT2D eigenvalue weighted by atomic mass is 32.2. The average Bonchev–Trinajstić information content (AvgIpc) is 2.60. The van der Waals surface area contributed by atoms with E-state index in [1.54, 1.807) is 11.8 Å². The van der Waals surface area contributed by atoms with Crippen molar-refractivity contribution in [2.75, 3.05) is 10.8 Å². The van der Waals surface area contributed by atoms with E-state index in [9.17, 15) is 8.42 Å². The van der Waals surface area contributed by atoms with Gasteiger partial charge < -0.3 is 0 Å². The van der Waals surface area contributed by atoms with Gasteiger partial charge >= 0.3 is 0 Å². The Balaban J connectivity index is 2.17. The second-order valence-electron chi connectivity index (χ2n) is 6.01. The maximum atomic E-state index is 12.4. The minimum Gasteiger partial charge on any atom is -0.202 e. The summed E-state index contributed by atoms with van der Waals surface area (Å²) in [5, 5.41) is 1.53. The molecule has 6 heteroatoms. The molecule has 0 radical (unpaired) electrons. The van der Waals surface area contributed by atoms with E-state index in [0.717, 1.165) is 45.1 Å². The van der Waals surface area contributed by atoms with E-state index < -0.39 is 10.1 Å². The Labute approximate surface area is 154 Å². The molecular formula is C19H23NO3S2. The third-order valence-corrected chi connectivity index (χ3v) is 6.58. The van der Waals surface area contributed by atoms with Gasteiger partial charge in [-0.05, 0) is 48.6 Å². The molecule has 0 bridgehead atoms. The Hall–Kier alpha value is -1.50. The molecule has 2 aromatic carbocycles. The summed E-state index contributed by atoms with van der Waals surface area (Å²) >= 11 is 1.66. The summed E-state index contributed by atoms with van der Waals surface area (Å²) in [6.07, 6.45) is 2.21. The van der Waals surface area contributed by atoms with E-state index >= 15 is 0 Å². The van der Waals surface area contributed by atoms with Crippen LogP contribution in [0.5, 0.6) is 0 Å². The molecule has 0 aromatic heterocycles. The fraction of sp³-hybridized carbons (Fsp3) is 0.368. The number of rotatable bonds is 6. The van der Waals surface area contributed by atoms with Crippen molar-refractivity contribution in [3.63, 3.8) is 0 Å². The Morgan fingerprint density at radius 1 is 1.04 bits per heavy atom. The van der Waals surface area contributed by atoms with Gasteiger partial charge in [0.2, 0.25) is 0 Å². The van der Waals surface area contributed by atoms with Gasteiger partial charge in [-0.15, -0.1) is 4.28 Å². The average molecular weight is 378 g/mol. The lowest BCUT2D eigenvalue weighted by atomic mass is 10.1. The molecule has 1 aliphatic heterocycles. The fourth-order valence-corrected chi connectivity index (χ4v) is 4.94.